The molecule has 1 atom stereocenters. The third-order valence-corrected chi connectivity index (χ3v) is 4.25. The average molecular weight is 264 g/mol. The summed E-state index contributed by atoms with van der Waals surface area (Å²) >= 11 is 1.61. The molecular weight excluding hydrogens is 248 g/mol. The number of nitrogens with zero attached hydrogens (tertiary/aromatic N) is 1. The molecule has 5 heteroatoms. The van der Waals surface area contributed by atoms with Crippen molar-refractivity contribution in [3.05, 3.63) is 24.3 Å². The fourth-order valence-corrected chi connectivity index (χ4v) is 3.23. The zero-order valence-electron chi connectivity index (χ0n) is 10.1. The number of nitrogens with one attached hydrogen (secondary N) is 1. The molecule has 1 N–H and O–H groups in total. The zero-order chi connectivity index (χ0) is 12.4. The summed E-state index contributed by atoms with van der Waals surface area (Å²) in [4.78, 5) is 15.1. The molecule has 2 aliphatic rings. The number of ether oxygens (including phenoxy) is 1. The Morgan fingerprint density at radius 3 is 3.17 bits per heavy atom. The Kier molecular flexibility index (Phi) is 3.54. The Balaban J connectivity index is 1.79. The largest absolute Gasteiger partial charge is 0.374 e. The number of hydrogen-bond acceptors (Lipinski definition) is 4. The van der Waals surface area contributed by atoms with Crippen LogP contribution < -0.4 is 10.2 Å². The second-order valence-electron chi connectivity index (χ2n) is 4.46. The van der Waals surface area contributed by atoms with Gasteiger partial charge >= 0.3 is 0 Å². The number of fused-ring (bicyclic) bond motifs is 1. The van der Waals surface area contributed by atoms with Gasteiger partial charge in [-0.1, -0.05) is 12.1 Å². The number of rotatable bonds is 2. The van der Waals surface area contributed by atoms with Crippen LogP contribution in [0.25, 0.3) is 0 Å². The van der Waals surface area contributed by atoms with Crippen LogP contribution >= 0.6 is 11.8 Å². The van der Waals surface area contributed by atoms with E-state index in [4.69, 9.17) is 4.74 Å². The normalized spacial score (nSPS) is 23.9. The first-order chi connectivity index (χ1) is 8.84. The number of carbonyl (C=O) groups excluding carboxylic acids is 1. The second-order valence-corrected chi connectivity index (χ2v) is 5.47. The van der Waals surface area contributed by atoms with Crippen LogP contribution in [-0.4, -0.2) is 44.0 Å². The summed E-state index contributed by atoms with van der Waals surface area (Å²) in [5.41, 5.74) is 1.02. The van der Waals surface area contributed by atoms with E-state index < -0.39 is 0 Å². The lowest BCUT2D eigenvalue weighted by atomic mass is 10.2. The highest BCUT2D eigenvalue weighted by Crippen LogP contribution is 2.35. The smallest absolute Gasteiger partial charge is 0.237 e. The Labute approximate surface area is 111 Å². The summed E-state index contributed by atoms with van der Waals surface area (Å²) < 4.78 is 5.68. The van der Waals surface area contributed by atoms with Crippen LogP contribution in [0.1, 0.15) is 0 Å². The van der Waals surface area contributed by atoms with Crippen LogP contribution in [-0.2, 0) is 9.53 Å². The van der Waals surface area contributed by atoms with Crippen molar-refractivity contribution in [3.8, 4) is 0 Å². The number of para-hydroxylation sites is 1. The second kappa shape index (κ2) is 5.30. The molecule has 18 heavy (non-hydrogen) atoms. The van der Waals surface area contributed by atoms with E-state index in [1.165, 1.54) is 4.90 Å². The van der Waals surface area contributed by atoms with Gasteiger partial charge in [0.15, 0.2) is 0 Å². The molecule has 0 aliphatic carbocycles. The van der Waals surface area contributed by atoms with Gasteiger partial charge in [-0.25, -0.2) is 0 Å². The van der Waals surface area contributed by atoms with Gasteiger partial charge in [0.25, 0.3) is 0 Å². The Morgan fingerprint density at radius 2 is 2.33 bits per heavy atom. The maximum Gasteiger partial charge on any atom is 0.237 e. The topological polar surface area (TPSA) is 41.6 Å². The summed E-state index contributed by atoms with van der Waals surface area (Å²) in [6, 6.07) is 8.07. The van der Waals surface area contributed by atoms with E-state index in [-0.39, 0.29) is 12.0 Å². The molecule has 2 aliphatic heterocycles. The lowest BCUT2D eigenvalue weighted by Gasteiger charge is -2.33. The highest BCUT2D eigenvalue weighted by atomic mass is 32.2. The first kappa shape index (κ1) is 12.0. The highest BCUT2D eigenvalue weighted by molar-refractivity contribution is 8.00. The van der Waals surface area contributed by atoms with Crippen LogP contribution in [0.4, 0.5) is 5.69 Å². The predicted octanol–water partition coefficient (Wildman–Crippen LogP) is 1.11. The van der Waals surface area contributed by atoms with Crippen LogP contribution in [0.15, 0.2) is 29.2 Å². The molecule has 0 saturated carbocycles. The minimum Gasteiger partial charge on any atom is -0.374 e. The molecule has 1 aromatic carbocycles. The van der Waals surface area contributed by atoms with Gasteiger partial charge in [-0.05, 0) is 12.1 Å². The average Bonchev–Trinajstić information content (AvgIpc) is 2.43. The van der Waals surface area contributed by atoms with Gasteiger partial charge in [0.1, 0.15) is 0 Å². The van der Waals surface area contributed by atoms with Crippen molar-refractivity contribution in [2.45, 2.75) is 11.0 Å². The fraction of sp³-hybridized carbons (Fsp3) is 0.462. The summed E-state index contributed by atoms with van der Waals surface area (Å²) in [6.07, 6.45) is 0.0962. The molecule has 96 valence electrons. The van der Waals surface area contributed by atoms with Crippen LogP contribution in [0, 0.1) is 0 Å². The summed E-state index contributed by atoms with van der Waals surface area (Å²) in [5, 5.41) is 3.30. The Hall–Kier alpha value is -1.04. The van der Waals surface area contributed by atoms with E-state index in [9.17, 15) is 4.79 Å². The van der Waals surface area contributed by atoms with Gasteiger partial charge in [-0.3, -0.25) is 4.79 Å². The summed E-state index contributed by atoms with van der Waals surface area (Å²) in [6.45, 7) is 3.09. The van der Waals surface area contributed by atoms with Gasteiger partial charge in [0.2, 0.25) is 5.91 Å². The molecule has 1 saturated heterocycles. The van der Waals surface area contributed by atoms with E-state index in [1.54, 1.807) is 11.8 Å². The van der Waals surface area contributed by atoms with Crippen molar-refractivity contribution in [1.29, 1.82) is 0 Å². The minimum atomic E-state index is 0.0962. The molecule has 2 heterocycles. The number of carbonyl (C=O) groups is 1. The molecule has 1 unspecified atom stereocenters. The highest BCUT2D eigenvalue weighted by Gasteiger charge is 2.27. The van der Waals surface area contributed by atoms with Crippen molar-refractivity contribution in [1.82, 2.24) is 5.32 Å². The van der Waals surface area contributed by atoms with E-state index in [2.05, 4.69) is 11.4 Å². The van der Waals surface area contributed by atoms with E-state index >= 15 is 0 Å². The molecule has 1 fully saturated rings. The number of amides is 1. The molecule has 4 nitrogen and oxygen atoms in total. The van der Waals surface area contributed by atoms with Crippen molar-refractivity contribution >= 4 is 23.4 Å². The van der Waals surface area contributed by atoms with Gasteiger partial charge < -0.3 is 15.0 Å². The summed E-state index contributed by atoms with van der Waals surface area (Å²) in [7, 11) is 0. The van der Waals surface area contributed by atoms with Crippen LogP contribution in [0.2, 0.25) is 0 Å². The van der Waals surface area contributed by atoms with E-state index in [0.29, 0.717) is 12.3 Å². The third-order valence-electron chi connectivity index (χ3n) is 3.20. The molecule has 1 amide bonds. The standard InChI is InChI=1S/C13H16N2O2S/c16-13-9-18-12-4-2-1-3-11(12)15(13)8-10-7-14-5-6-17-10/h1-4,10,14H,5-9H2. The third kappa shape index (κ3) is 2.39. The first-order valence-corrected chi connectivity index (χ1v) is 7.17. The molecule has 1 aromatic rings. The lowest BCUT2D eigenvalue weighted by Crippen LogP contribution is -2.48. The number of anilines is 1. The van der Waals surface area contributed by atoms with Crippen LogP contribution in [0.3, 0.4) is 0 Å². The van der Waals surface area contributed by atoms with Gasteiger partial charge in [0, 0.05) is 18.0 Å². The van der Waals surface area contributed by atoms with Crippen molar-refractivity contribution < 1.29 is 9.53 Å². The lowest BCUT2D eigenvalue weighted by molar-refractivity contribution is -0.116. The van der Waals surface area contributed by atoms with Gasteiger partial charge in [-0.2, -0.15) is 0 Å². The zero-order valence-corrected chi connectivity index (χ0v) is 10.9. The number of hydrogen-bond donors (Lipinski definition) is 1. The molecule has 0 aromatic heterocycles. The first-order valence-electron chi connectivity index (χ1n) is 6.19. The number of morpholine rings is 1. The quantitative estimate of drug-likeness (QED) is 0.869. The van der Waals surface area contributed by atoms with Crippen molar-refractivity contribution in [2.24, 2.45) is 0 Å². The SMILES string of the molecule is O=C1CSc2ccccc2N1CC1CNCCO1. The number of thioether (sulfide) groups is 1. The maximum absolute atomic E-state index is 12.1. The van der Waals surface area contributed by atoms with E-state index in [1.807, 2.05) is 23.1 Å². The molecule has 0 spiro atoms. The van der Waals surface area contributed by atoms with Crippen LogP contribution in [0.5, 0.6) is 0 Å². The Bertz CT molecular complexity index is 446. The fourth-order valence-electron chi connectivity index (χ4n) is 2.29. The number of benzene rings is 1. The monoisotopic (exact) mass is 264 g/mol. The molecule has 3 rings (SSSR count). The van der Waals surface area contributed by atoms with E-state index in [0.717, 1.165) is 25.4 Å². The van der Waals surface area contributed by atoms with Gasteiger partial charge in [-0.15, -0.1) is 11.8 Å². The predicted molar refractivity (Wildman–Crippen MR) is 72.1 cm³/mol. The molecule has 0 bridgehead atoms. The van der Waals surface area contributed by atoms with Crippen molar-refractivity contribution in [2.75, 3.05) is 36.9 Å². The maximum atomic E-state index is 12.1. The summed E-state index contributed by atoms with van der Waals surface area (Å²) in [5.74, 6) is 0.699. The Morgan fingerprint density at radius 1 is 1.44 bits per heavy atom. The van der Waals surface area contributed by atoms with Gasteiger partial charge in [0.05, 0.1) is 30.7 Å². The molecular formula is C13H16N2O2S. The van der Waals surface area contributed by atoms with Crippen molar-refractivity contribution in [3.63, 3.8) is 0 Å². The molecule has 0 radical (unpaired) electrons. The minimum absolute atomic E-state index is 0.0962.